The Kier molecular flexibility index (Phi) is 3.73. The fourth-order valence-electron chi connectivity index (χ4n) is 1.17. The maximum absolute atomic E-state index is 11.1. The van der Waals surface area contributed by atoms with Crippen LogP contribution >= 0.6 is 11.8 Å². The van der Waals surface area contributed by atoms with E-state index in [9.17, 15) is 4.79 Å². The Morgan fingerprint density at radius 1 is 1.41 bits per heavy atom. The standard InChI is InChI=1S/C10H11N5OS/c11-5-9(16)14-7-1-3-8(4-2-7)17-10-12-6-13-15-10/h1-4,6H,5,11H2,(H,14,16)(H,12,13,15). The summed E-state index contributed by atoms with van der Waals surface area (Å²) >= 11 is 1.46. The van der Waals surface area contributed by atoms with Crippen LogP contribution in [0.3, 0.4) is 0 Å². The second-order valence-electron chi connectivity index (χ2n) is 3.17. The number of nitrogens with one attached hydrogen (secondary N) is 2. The Labute approximate surface area is 102 Å². The first-order valence-electron chi connectivity index (χ1n) is 4.91. The van der Waals surface area contributed by atoms with Crippen molar-refractivity contribution in [2.24, 2.45) is 5.73 Å². The molecule has 0 aliphatic carbocycles. The second kappa shape index (κ2) is 5.46. The number of hydrogen-bond donors (Lipinski definition) is 3. The largest absolute Gasteiger partial charge is 0.325 e. The summed E-state index contributed by atoms with van der Waals surface area (Å²) in [5.74, 6) is -0.208. The SMILES string of the molecule is NCC(=O)Nc1ccc(Sc2ncn[nH]2)cc1. The number of aromatic nitrogens is 3. The molecule has 1 amide bonds. The number of nitrogens with zero attached hydrogens (tertiary/aromatic N) is 2. The van der Waals surface area contributed by atoms with E-state index < -0.39 is 0 Å². The monoisotopic (exact) mass is 249 g/mol. The summed E-state index contributed by atoms with van der Waals surface area (Å²) < 4.78 is 0. The van der Waals surface area contributed by atoms with Crippen molar-refractivity contribution in [2.45, 2.75) is 10.1 Å². The van der Waals surface area contributed by atoms with Crippen LogP contribution in [0.4, 0.5) is 5.69 Å². The summed E-state index contributed by atoms with van der Waals surface area (Å²) in [7, 11) is 0. The summed E-state index contributed by atoms with van der Waals surface area (Å²) in [6.45, 7) is -0.0193. The number of amides is 1. The molecule has 17 heavy (non-hydrogen) atoms. The fourth-order valence-corrected chi connectivity index (χ4v) is 1.87. The molecule has 2 aromatic rings. The molecule has 6 nitrogen and oxygen atoms in total. The lowest BCUT2D eigenvalue weighted by atomic mass is 10.3. The Balaban J connectivity index is 2.00. The van der Waals surface area contributed by atoms with Crippen LogP contribution in [0.5, 0.6) is 0 Å². The molecule has 2 rings (SSSR count). The molecule has 0 saturated heterocycles. The van der Waals surface area contributed by atoms with Crippen molar-refractivity contribution < 1.29 is 4.79 Å². The number of hydrogen-bond acceptors (Lipinski definition) is 5. The number of carbonyl (C=O) groups is 1. The number of carbonyl (C=O) groups excluding carboxylic acids is 1. The van der Waals surface area contributed by atoms with Gasteiger partial charge in [-0.3, -0.25) is 9.89 Å². The lowest BCUT2D eigenvalue weighted by molar-refractivity contribution is -0.114. The van der Waals surface area contributed by atoms with Gasteiger partial charge >= 0.3 is 0 Å². The molecule has 0 spiro atoms. The summed E-state index contributed by atoms with van der Waals surface area (Å²) in [4.78, 5) is 16.1. The third-order valence-corrected chi connectivity index (χ3v) is 2.83. The van der Waals surface area contributed by atoms with E-state index in [4.69, 9.17) is 5.73 Å². The van der Waals surface area contributed by atoms with E-state index in [0.717, 1.165) is 15.7 Å². The predicted octanol–water partition coefficient (Wildman–Crippen LogP) is 0.853. The van der Waals surface area contributed by atoms with Crippen LogP contribution in [0, 0.1) is 0 Å². The maximum Gasteiger partial charge on any atom is 0.238 e. The first kappa shape index (κ1) is 11.6. The zero-order chi connectivity index (χ0) is 12.1. The average Bonchev–Trinajstić information content (AvgIpc) is 2.84. The van der Waals surface area contributed by atoms with Crippen molar-refractivity contribution in [1.82, 2.24) is 15.2 Å². The summed E-state index contributed by atoms with van der Waals surface area (Å²) in [6.07, 6.45) is 1.46. The van der Waals surface area contributed by atoms with Gasteiger partial charge in [0, 0.05) is 10.6 Å². The van der Waals surface area contributed by atoms with Crippen molar-refractivity contribution in [2.75, 3.05) is 11.9 Å². The van der Waals surface area contributed by atoms with Crippen LogP contribution in [0.2, 0.25) is 0 Å². The number of rotatable bonds is 4. The zero-order valence-electron chi connectivity index (χ0n) is 8.88. The molecule has 1 aromatic heterocycles. The van der Waals surface area contributed by atoms with E-state index in [2.05, 4.69) is 20.5 Å². The van der Waals surface area contributed by atoms with Crippen molar-refractivity contribution in [3.63, 3.8) is 0 Å². The molecule has 4 N–H and O–H groups in total. The molecule has 7 heteroatoms. The Morgan fingerprint density at radius 3 is 2.76 bits per heavy atom. The molecular formula is C10H11N5OS. The zero-order valence-corrected chi connectivity index (χ0v) is 9.70. The van der Waals surface area contributed by atoms with Gasteiger partial charge in [-0.1, -0.05) is 11.8 Å². The van der Waals surface area contributed by atoms with Gasteiger partial charge in [-0.25, -0.2) is 4.98 Å². The maximum atomic E-state index is 11.1. The van der Waals surface area contributed by atoms with E-state index in [1.807, 2.05) is 24.3 Å². The van der Waals surface area contributed by atoms with Gasteiger partial charge in [0.25, 0.3) is 0 Å². The van der Waals surface area contributed by atoms with Crippen LogP contribution in [-0.2, 0) is 4.79 Å². The van der Waals surface area contributed by atoms with E-state index in [1.54, 1.807) is 0 Å². The molecule has 0 radical (unpaired) electrons. The van der Waals surface area contributed by atoms with Crippen molar-refractivity contribution in [3.8, 4) is 0 Å². The number of anilines is 1. The Morgan fingerprint density at radius 2 is 2.18 bits per heavy atom. The third-order valence-electron chi connectivity index (χ3n) is 1.93. The van der Waals surface area contributed by atoms with Gasteiger partial charge in [0.1, 0.15) is 6.33 Å². The summed E-state index contributed by atoms with van der Waals surface area (Å²) in [5.41, 5.74) is 5.93. The summed E-state index contributed by atoms with van der Waals surface area (Å²) in [6, 6.07) is 7.40. The van der Waals surface area contributed by atoms with Crippen LogP contribution in [-0.4, -0.2) is 27.6 Å². The Bertz CT molecular complexity index is 482. The smallest absolute Gasteiger partial charge is 0.238 e. The minimum absolute atomic E-state index is 0.0193. The minimum atomic E-state index is -0.208. The molecule has 88 valence electrons. The van der Waals surface area contributed by atoms with E-state index >= 15 is 0 Å². The quantitative estimate of drug-likeness (QED) is 0.746. The first-order valence-corrected chi connectivity index (χ1v) is 5.73. The van der Waals surface area contributed by atoms with Gasteiger partial charge in [-0.05, 0) is 24.3 Å². The van der Waals surface area contributed by atoms with E-state index in [0.29, 0.717) is 0 Å². The molecular weight excluding hydrogens is 238 g/mol. The van der Waals surface area contributed by atoms with Crippen molar-refractivity contribution in [1.29, 1.82) is 0 Å². The van der Waals surface area contributed by atoms with Gasteiger partial charge in [0.05, 0.1) is 6.54 Å². The van der Waals surface area contributed by atoms with Crippen molar-refractivity contribution >= 4 is 23.4 Å². The predicted molar refractivity (Wildman–Crippen MR) is 64.6 cm³/mol. The van der Waals surface area contributed by atoms with E-state index in [1.165, 1.54) is 18.1 Å². The second-order valence-corrected chi connectivity index (χ2v) is 4.23. The average molecular weight is 249 g/mol. The number of nitrogens with two attached hydrogens (primary N) is 1. The molecule has 0 bridgehead atoms. The lowest BCUT2D eigenvalue weighted by Crippen LogP contribution is -2.21. The molecule has 0 saturated carbocycles. The van der Waals surface area contributed by atoms with Crippen LogP contribution in [0.25, 0.3) is 0 Å². The molecule has 1 aromatic carbocycles. The van der Waals surface area contributed by atoms with Gasteiger partial charge in [0.15, 0.2) is 5.16 Å². The topological polar surface area (TPSA) is 96.7 Å². The highest BCUT2D eigenvalue weighted by Gasteiger charge is 2.01. The highest BCUT2D eigenvalue weighted by molar-refractivity contribution is 7.99. The molecule has 0 aliphatic heterocycles. The molecule has 0 unspecified atom stereocenters. The molecule has 0 atom stereocenters. The van der Waals surface area contributed by atoms with Gasteiger partial charge < -0.3 is 11.1 Å². The van der Waals surface area contributed by atoms with Gasteiger partial charge in [-0.2, -0.15) is 5.10 Å². The molecule has 0 fully saturated rings. The molecule has 0 aliphatic rings. The van der Waals surface area contributed by atoms with Gasteiger partial charge in [-0.15, -0.1) is 0 Å². The Hall–Kier alpha value is -1.86. The van der Waals surface area contributed by atoms with Crippen LogP contribution in [0.15, 0.2) is 40.6 Å². The first-order chi connectivity index (χ1) is 8.28. The van der Waals surface area contributed by atoms with Gasteiger partial charge in [0.2, 0.25) is 5.91 Å². The number of H-pyrrole nitrogens is 1. The van der Waals surface area contributed by atoms with E-state index in [-0.39, 0.29) is 12.5 Å². The number of benzene rings is 1. The highest BCUT2D eigenvalue weighted by Crippen LogP contribution is 2.24. The lowest BCUT2D eigenvalue weighted by Gasteiger charge is -2.04. The fraction of sp³-hybridized carbons (Fsp3) is 0.100. The van der Waals surface area contributed by atoms with Crippen molar-refractivity contribution in [3.05, 3.63) is 30.6 Å². The number of aromatic amines is 1. The molecule has 1 heterocycles. The third kappa shape index (κ3) is 3.30. The van der Waals surface area contributed by atoms with Crippen LogP contribution < -0.4 is 11.1 Å². The van der Waals surface area contributed by atoms with Crippen LogP contribution in [0.1, 0.15) is 0 Å². The normalized spacial score (nSPS) is 10.2. The minimum Gasteiger partial charge on any atom is -0.325 e. The highest BCUT2D eigenvalue weighted by atomic mass is 32.2. The summed E-state index contributed by atoms with van der Waals surface area (Å²) in [5, 5.41) is 9.91.